The summed E-state index contributed by atoms with van der Waals surface area (Å²) in [5.41, 5.74) is 0. The van der Waals surface area contributed by atoms with E-state index in [0.29, 0.717) is 19.4 Å². The van der Waals surface area contributed by atoms with Crippen molar-refractivity contribution in [3.8, 4) is 0 Å². The van der Waals surface area contributed by atoms with E-state index in [9.17, 15) is 14.4 Å². The first-order chi connectivity index (χ1) is 10.6. The van der Waals surface area contributed by atoms with E-state index in [2.05, 4.69) is 10.6 Å². The van der Waals surface area contributed by atoms with Gasteiger partial charge in [0.25, 0.3) is 0 Å². The smallest absolute Gasteiger partial charge is 0.220 e. The van der Waals surface area contributed by atoms with Gasteiger partial charge >= 0.3 is 0 Å². The van der Waals surface area contributed by atoms with Crippen molar-refractivity contribution in [1.82, 2.24) is 10.6 Å². The SMILES string of the molecule is CC.CCNC(=O)CCCCCCCCC(=O)NCC(C)=O. The van der Waals surface area contributed by atoms with Crippen molar-refractivity contribution in [3.63, 3.8) is 0 Å². The third-order valence-corrected chi connectivity index (χ3v) is 2.97. The van der Waals surface area contributed by atoms with Crippen LogP contribution in [0.4, 0.5) is 0 Å². The highest BCUT2D eigenvalue weighted by Gasteiger charge is 2.02. The van der Waals surface area contributed by atoms with Crippen LogP contribution < -0.4 is 10.6 Å². The normalized spacial score (nSPS) is 9.45. The predicted octanol–water partition coefficient (Wildman–Crippen LogP) is 2.97. The van der Waals surface area contributed by atoms with Gasteiger partial charge in [0.15, 0.2) is 0 Å². The molecule has 130 valence electrons. The van der Waals surface area contributed by atoms with E-state index in [1.54, 1.807) is 0 Å². The monoisotopic (exact) mass is 314 g/mol. The Morgan fingerprint density at radius 1 is 0.727 bits per heavy atom. The van der Waals surface area contributed by atoms with Gasteiger partial charge in [0, 0.05) is 19.4 Å². The first-order valence-electron chi connectivity index (χ1n) is 8.59. The number of ketones is 1. The summed E-state index contributed by atoms with van der Waals surface area (Å²) in [4.78, 5) is 33.2. The molecule has 0 radical (unpaired) electrons. The fourth-order valence-corrected chi connectivity index (χ4v) is 1.88. The largest absolute Gasteiger partial charge is 0.356 e. The van der Waals surface area contributed by atoms with E-state index in [1.165, 1.54) is 6.92 Å². The number of unbranched alkanes of at least 4 members (excludes halogenated alkanes) is 5. The summed E-state index contributed by atoms with van der Waals surface area (Å²) in [5, 5.41) is 5.37. The molecule has 0 aliphatic heterocycles. The molecule has 0 spiro atoms. The molecule has 0 aromatic heterocycles. The molecule has 0 fully saturated rings. The lowest BCUT2D eigenvalue weighted by Crippen LogP contribution is -2.27. The average Bonchev–Trinajstić information content (AvgIpc) is 2.50. The molecule has 0 saturated heterocycles. The zero-order chi connectivity index (χ0) is 17.2. The highest BCUT2D eigenvalue weighted by Crippen LogP contribution is 2.08. The van der Waals surface area contributed by atoms with Crippen LogP contribution in [0.15, 0.2) is 0 Å². The Hall–Kier alpha value is -1.39. The zero-order valence-corrected chi connectivity index (χ0v) is 14.8. The highest BCUT2D eigenvalue weighted by atomic mass is 16.2. The van der Waals surface area contributed by atoms with Crippen LogP contribution in [0.25, 0.3) is 0 Å². The molecular formula is C17H34N2O3. The van der Waals surface area contributed by atoms with Gasteiger partial charge in [-0.25, -0.2) is 0 Å². The second-order valence-electron chi connectivity index (χ2n) is 5.05. The molecule has 2 N–H and O–H groups in total. The van der Waals surface area contributed by atoms with Crippen molar-refractivity contribution in [3.05, 3.63) is 0 Å². The predicted molar refractivity (Wildman–Crippen MR) is 90.7 cm³/mol. The van der Waals surface area contributed by atoms with Crippen LogP contribution in [0.2, 0.25) is 0 Å². The molecule has 0 rings (SSSR count). The second kappa shape index (κ2) is 17.7. The Labute approximate surface area is 135 Å². The second-order valence-corrected chi connectivity index (χ2v) is 5.05. The van der Waals surface area contributed by atoms with Crippen LogP contribution in [-0.4, -0.2) is 30.7 Å². The number of nitrogens with one attached hydrogen (secondary N) is 2. The number of carbonyl (C=O) groups excluding carboxylic acids is 3. The number of amides is 2. The lowest BCUT2D eigenvalue weighted by atomic mass is 10.1. The maximum Gasteiger partial charge on any atom is 0.220 e. The summed E-state index contributed by atoms with van der Waals surface area (Å²) in [6.07, 6.45) is 7.19. The van der Waals surface area contributed by atoms with Gasteiger partial charge < -0.3 is 10.6 Å². The van der Waals surface area contributed by atoms with Gasteiger partial charge in [-0.15, -0.1) is 0 Å². The lowest BCUT2D eigenvalue weighted by molar-refractivity contribution is -0.124. The summed E-state index contributed by atoms with van der Waals surface area (Å²) < 4.78 is 0. The Kier molecular flexibility index (Phi) is 18.4. The van der Waals surface area contributed by atoms with Crippen molar-refractivity contribution in [2.24, 2.45) is 0 Å². The summed E-state index contributed by atoms with van der Waals surface area (Å²) in [6.45, 7) is 8.22. The molecule has 0 aromatic carbocycles. The minimum Gasteiger partial charge on any atom is -0.356 e. The Morgan fingerprint density at radius 3 is 1.55 bits per heavy atom. The molecule has 0 aromatic rings. The van der Waals surface area contributed by atoms with Crippen molar-refractivity contribution in [1.29, 1.82) is 0 Å². The van der Waals surface area contributed by atoms with Gasteiger partial charge in [0.1, 0.15) is 5.78 Å². The number of carbonyl (C=O) groups is 3. The van der Waals surface area contributed by atoms with Crippen molar-refractivity contribution in [2.45, 2.75) is 79.1 Å². The van der Waals surface area contributed by atoms with Gasteiger partial charge in [-0.3, -0.25) is 14.4 Å². The van der Waals surface area contributed by atoms with Gasteiger partial charge in [-0.05, 0) is 26.7 Å². The van der Waals surface area contributed by atoms with Crippen LogP contribution in [0.3, 0.4) is 0 Å². The van der Waals surface area contributed by atoms with Crippen molar-refractivity contribution in [2.75, 3.05) is 13.1 Å². The summed E-state index contributed by atoms with van der Waals surface area (Å²) in [5.74, 6) is 0.0662. The average molecular weight is 314 g/mol. The highest BCUT2D eigenvalue weighted by molar-refractivity contribution is 5.84. The van der Waals surface area contributed by atoms with Crippen LogP contribution in [0.1, 0.15) is 79.1 Å². The van der Waals surface area contributed by atoms with E-state index in [0.717, 1.165) is 38.5 Å². The molecule has 0 unspecified atom stereocenters. The van der Waals surface area contributed by atoms with E-state index in [4.69, 9.17) is 0 Å². The van der Waals surface area contributed by atoms with Crippen molar-refractivity contribution < 1.29 is 14.4 Å². The maximum atomic E-state index is 11.3. The molecule has 5 nitrogen and oxygen atoms in total. The first kappa shape index (κ1) is 22.9. The number of hydrogen-bond acceptors (Lipinski definition) is 3. The quantitative estimate of drug-likeness (QED) is 0.544. The maximum absolute atomic E-state index is 11.3. The minimum absolute atomic E-state index is 0.0227. The molecule has 0 heterocycles. The molecule has 2 amide bonds. The number of rotatable bonds is 12. The minimum atomic E-state index is -0.0450. The number of hydrogen-bond donors (Lipinski definition) is 2. The van der Waals surface area contributed by atoms with Gasteiger partial charge in [0.2, 0.25) is 11.8 Å². The molecule has 22 heavy (non-hydrogen) atoms. The zero-order valence-electron chi connectivity index (χ0n) is 14.8. The summed E-state index contributed by atoms with van der Waals surface area (Å²) >= 11 is 0. The van der Waals surface area contributed by atoms with Gasteiger partial charge in [-0.1, -0.05) is 39.5 Å². The van der Waals surface area contributed by atoms with E-state index >= 15 is 0 Å². The van der Waals surface area contributed by atoms with Crippen LogP contribution in [0, 0.1) is 0 Å². The lowest BCUT2D eigenvalue weighted by Gasteiger charge is -2.04. The molecule has 0 bridgehead atoms. The fraction of sp³-hybridized carbons (Fsp3) is 0.824. The van der Waals surface area contributed by atoms with Crippen molar-refractivity contribution >= 4 is 17.6 Å². The molecule has 0 aliphatic rings. The van der Waals surface area contributed by atoms with Gasteiger partial charge in [0.05, 0.1) is 6.54 Å². The molecule has 5 heteroatoms. The van der Waals surface area contributed by atoms with E-state index in [1.807, 2.05) is 20.8 Å². The molecular weight excluding hydrogens is 280 g/mol. The number of Topliss-reactive ketones (excluding diaryl/α,β-unsaturated/α-hetero) is 1. The fourth-order valence-electron chi connectivity index (χ4n) is 1.88. The topological polar surface area (TPSA) is 75.3 Å². The first-order valence-corrected chi connectivity index (χ1v) is 8.59. The molecule has 0 aliphatic carbocycles. The summed E-state index contributed by atoms with van der Waals surface area (Å²) in [6, 6.07) is 0. The van der Waals surface area contributed by atoms with Crippen LogP contribution >= 0.6 is 0 Å². The Balaban J connectivity index is 0. The van der Waals surface area contributed by atoms with Crippen LogP contribution in [-0.2, 0) is 14.4 Å². The molecule has 0 atom stereocenters. The Morgan fingerprint density at radius 2 is 1.14 bits per heavy atom. The van der Waals surface area contributed by atoms with E-state index < -0.39 is 0 Å². The third-order valence-electron chi connectivity index (χ3n) is 2.97. The summed E-state index contributed by atoms with van der Waals surface area (Å²) in [7, 11) is 0. The van der Waals surface area contributed by atoms with Crippen LogP contribution in [0.5, 0.6) is 0 Å². The van der Waals surface area contributed by atoms with E-state index in [-0.39, 0.29) is 24.1 Å². The third kappa shape index (κ3) is 18.6. The Bertz CT molecular complexity index is 304. The van der Waals surface area contributed by atoms with Gasteiger partial charge in [-0.2, -0.15) is 0 Å². The standard InChI is InChI=1S/C15H28N2O3.C2H6/c1-3-16-14(19)10-8-6-4-5-7-9-11-15(20)17-12-13(2)18;1-2/h3-12H2,1-2H3,(H,16,19)(H,17,20);1-2H3. The molecule has 0 saturated carbocycles.